The molecule has 0 aromatic heterocycles. The van der Waals surface area contributed by atoms with Crippen molar-refractivity contribution in [1.29, 1.82) is 0 Å². The summed E-state index contributed by atoms with van der Waals surface area (Å²) >= 11 is 3.88. The predicted molar refractivity (Wildman–Crippen MR) is 81.2 cm³/mol. The molecule has 0 bridgehead atoms. The number of anilines is 1. The van der Waals surface area contributed by atoms with Crippen molar-refractivity contribution >= 4 is 30.1 Å². The molecule has 0 aliphatic carbocycles. The number of rotatable bonds is 8. The zero-order valence-corrected chi connectivity index (χ0v) is 12.1. The lowest BCUT2D eigenvalue weighted by molar-refractivity contribution is -0.384. The Bertz CT molecular complexity index is 482. The van der Waals surface area contributed by atoms with Crippen molar-refractivity contribution in [2.24, 2.45) is 0 Å². The van der Waals surface area contributed by atoms with Crippen LogP contribution in [0.2, 0.25) is 0 Å². The molecule has 0 heterocycles. The number of carbonyl (C=O) groups is 1. The molecule has 8 heteroatoms. The summed E-state index contributed by atoms with van der Waals surface area (Å²) in [5.74, 6) is -0.348. The molecule has 0 atom stereocenters. The van der Waals surface area contributed by atoms with Gasteiger partial charge in [-0.05, 0) is 25.0 Å². The van der Waals surface area contributed by atoms with Gasteiger partial charge in [0.25, 0.3) is 11.6 Å². The maximum atomic E-state index is 11.5. The van der Waals surface area contributed by atoms with Crippen molar-refractivity contribution in [3.63, 3.8) is 0 Å². The Morgan fingerprint density at radius 1 is 1.35 bits per heavy atom. The maximum Gasteiger partial charge on any atom is 0.293 e. The number of nitrogens with one attached hydrogen (secondary N) is 3. The average Bonchev–Trinajstić information content (AvgIpc) is 2.46. The third-order valence-corrected chi connectivity index (χ3v) is 2.94. The fourth-order valence-electron chi connectivity index (χ4n) is 1.67. The molecule has 1 rings (SSSR count). The van der Waals surface area contributed by atoms with E-state index in [1.54, 1.807) is 12.1 Å². The fraction of sp³-hybridized carbons (Fsp3) is 0.417. The van der Waals surface area contributed by atoms with Gasteiger partial charge in [0, 0.05) is 31.8 Å². The molecule has 0 aliphatic rings. The highest BCUT2D eigenvalue weighted by Gasteiger charge is 2.16. The highest BCUT2D eigenvalue weighted by atomic mass is 32.1. The number of amides is 1. The molecule has 1 aromatic carbocycles. The highest BCUT2D eigenvalue weighted by Crippen LogP contribution is 2.25. The van der Waals surface area contributed by atoms with Gasteiger partial charge in [-0.15, -0.1) is 0 Å². The molecule has 0 unspecified atom stereocenters. The van der Waals surface area contributed by atoms with Crippen molar-refractivity contribution in [2.45, 2.75) is 12.8 Å². The Kier molecular flexibility index (Phi) is 6.82. The van der Waals surface area contributed by atoms with Crippen LogP contribution in [-0.2, 0) is 0 Å². The van der Waals surface area contributed by atoms with Crippen molar-refractivity contribution < 1.29 is 9.72 Å². The summed E-state index contributed by atoms with van der Waals surface area (Å²) in [6.45, 7) is 1.40. The molecule has 0 spiro atoms. The van der Waals surface area contributed by atoms with Crippen LogP contribution in [0.4, 0.5) is 11.4 Å². The summed E-state index contributed by atoms with van der Waals surface area (Å²) in [6, 6.07) is 4.39. The van der Waals surface area contributed by atoms with Crippen LogP contribution >= 0.6 is 12.8 Å². The number of nitro benzene ring substituents is 1. The second-order valence-corrected chi connectivity index (χ2v) is 4.43. The molecule has 0 saturated heterocycles. The number of carbonyl (C=O) groups excluding carboxylic acids is 1. The van der Waals surface area contributed by atoms with Crippen LogP contribution in [0.3, 0.4) is 0 Å². The van der Waals surface area contributed by atoms with E-state index in [4.69, 9.17) is 0 Å². The Labute approximate surface area is 122 Å². The molecule has 1 aromatic rings. The molecule has 0 aliphatic heterocycles. The number of nitro groups is 1. The lowest BCUT2D eigenvalue weighted by Gasteiger charge is -2.08. The number of thiol groups is 1. The Morgan fingerprint density at radius 2 is 2.05 bits per heavy atom. The van der Waals surface area contributed by atoms with E-state index in [9.17, 15) is 14.9 Å². The lowest BCUT2D eigenvalue weighted by Crippen LogP contribution is -2.18. The first-order valence-electron chi connectivity index (χ1n) is 6.21. The minimum atomic E-state index is -0.496. The molecular weight excluding hydrogens is 280 g/mol. The Hall–Kier alpha value is -1.80. The van der Waals surface area contributed by atoms with Gasteiger partial charge in [0.05, 0.1) is 4.92 Å². The zero-order chi connectivity index (χ0) is 15.0. The normalized spacial score (nSPS) is 10.1. The van der Waals surface area contributed by atoms with E-state index in [2.05, 4.69) is 28.2 Å². The molecule has 7 nitrogen and oxygen atoms in total. The molecule has 1 amide bonds. The summed E-state index contributed by atoms with van der Waals surface area (Å²) in [5.41, 5.74) is 0.587. The highest BCUT2D eigenvalue weighted by molar-refractivity contribution is 7.78. The summed E-state index contributed by atoms with van der Waals surface area (Å²) in [5, 5.41) is 16.5. The summed E-state index contributed by atoms with van der Waals surface area (Å²) in [4.78, 5) is 22.0. The van der Waals surface area contributed by atoms with E-state index in [1.165, 1.54) is 13.1 Å². The summed E-state index contributed by atoms with van der Waals surface area (Å²) in [7, 11) is 1.48. The van der Waals surface area contributed by atoms with Crippen molar-refractivity contribution in [1.82, 2.24) is 10.0 Å². The number of unbranched alkanes of at least 4 members (excludes halogenated alkanes) is 1. The first-order valence-corrected chi connectivity index (χ1v) is 6.66. The van der Waals surface area contributed by atoms with Gasteiger partial charge in [-0.1, -0.05) is 12.8 Å². The number of hydrogen-bond donors (Lipinski definition) is 4. The fourth-order valence-corrected chi connectivity index (χ4v) is 1.83. The maximum absolute atomic E-state index is 11.5. The number of nitrogens with zero attached hydrogens (tertiary/aromatic N) is 1. The largest absolute Gasteiger partial charge is 0.379 e. The topological polar surface area (TPSA) is 96.3 Å². The first-order chi connectivity index (χ1) is 9.60. The first kappa shape index (κ1) is 16.3. The van der Waals surface area contributed by atoms with E-state index >= 15 is 0 Å². The van der Waals surface area contributed by atoms with Crippen molar-refractivity contribution in [2.75, 3.05) is 25.5 Å². The van der Waals surface area contributed by atoms with Gasteiger partial charge < -0.3 is 10.6 Å². The van der Waals surface area contributed by atoms with Crippen LogP contribution in [0.15, 0.2) is 18.2 Å². The van der Waals surface area contributed by atoms with E-state index in [1.807, 2.05) is 0 Å². The lowest BCUT2D eigenvalue weighted by atomic mass is 10.1. The molecular formula is C12H18N4O3S. The second-order valence-electron chi connectivity index (χ2n) is 4.11. The van der Waals surface area contributed by atoms with Crippen molar-refractivity contribution in [3.05, 3.63) is 33.9 Å². The zero-order valence-electron chi connectivity index (χ0n) is 11.2. The van der Waals surface area contributed by atoms with E-state index in [-0.39, 0.29) is 17.2 Å². The quantitative estimate of drug-likeness (QED) is 0.253. The number of benzene rings is 1. The van der Waals surface area contributed by atoms with Gasteiger partial charge in [0.15, 0.2) is 0 Å². The van der Waals surface area contributed by atoms with Crippen LogP contribution in [0, 0.1) is 10.1 Å². The van der Waals surface area contributed by atoms with E-state index in [0.717, 1.165) is 19.4 Å². The second kappa shape index (κ2) is 8.39. The van der Waals surface area contributed by atoms with Gasteiger partial charge in [-0.3, -0.25) is 19.6 Å². The third-order valence-electron chi connectivity index (χ3n) is 2.71. The third kappa shape index (κ3) is 4.71. The van der Waals surface area contributed by atoms with Crippen LogP contribution < -0.4 is 15.4 Å². The average molecular weight is 298 g/mol. The summed E-state index contributed by atoms with van der Waals surface area (Å²) in [6.07, 6.45) is 1.78. The van der Waals surface area contributed by atoms with Gasteiger partial charge in [0.1, 0.15) is 5.69 Å². The smallest absolute Gasteiger partial charge is 0.293 e. The molecule has 110 valence electrons. The number of hydrogen-bond acceptors (Lipinski definition) is 6. The molecule has 3 N–H and O–H groups in total. The van der Waals surface area contributed by atoms with Crippen LogP contribution in [0.1, 0.15) is 23.2 Å². The van der Waals surface area contributed by atoms with Gasteiger partial charge in [0.2, 0.25) is 0 Å². The Balaban J connectivity index is 2.75. The standard InChI is InChI=1S/C12H18N4O3S/c1-13-12(17)9-4-5-10(11(8-9)16(18)19)14-6-2-3-7-15-20/h4-5,8,14-15,20H,2-3,6-7H2,1H3,(H,13,17). The van der Waals surface area contributed by atoms with Gasteiger partial charge >= 0.3 is 0 Å². The van der Waals surface area contributed by atoms with Crippen LogP contribution in [0.5, 0.6) is 0 Å². The van der Waals surface area contributed by atoms with Gasteiger partial charge in [-0.25, -0.2) is 0 Å². The monoisotopic (exact) mass is 298 g/mol. The van der Waals surface area contributed by atoms with Crippen LogP contribution in [-0.4, -0.2) is 31.0 Å². The molecule has 0 radical (unpaired) electrons. The molecule has 0 fully saturated rings. The minimum absolute atomic E-state index is 0.0987. The molecule has 20 heavy (non-hydrogen) atoms. The Morgan fingerprint density at radius 3 is 2.65 bits per heavy atom. The van der Waals surface area contributed by atoms with Gasteiger partial charge in [-0.2, -0.15) is 0 Å². The molecule has 0 saturated carbocycles. The summed E-state index contributed by atoms with van der Waals surface area (Å²) < 4.78 is 2.74. The predicted octanol–water partition coefficient (Wildman–Crippen LogP) is 1.58. The van der Waals surface area contributed by atoms with Crippen LogP contribution in [0.25, 0.3) is 0 Å². The minimum Gasteiger partial charge on any atom is -0.379 e. The van der Waals surface area contributed by atoms with E-state index in [0.29, 0.717) is 12.2 Å². The van der Waals surface area contributed by atoms with Crippen molar-refractivity contribution in [3.8, 4) is 0 Å². The van der Waals surface area contributed by atoms with E-state index < -0.39 is 4.92 Å². The SMILES string of the molecule is CNC(=O)c1ccc(NCCCCNS)c([N+](=O)[O-])c1.